The number of hydrogen-bond donors (Lipinski definition) is 2. The van der Waals surface area contributed by atoms with Crippen molar-refractivity contribution in [3.63, 3.8) is 0 Å². The lowest BCUT2D eigenvalue weighted by Crippen LogP contribution is -2.43. The molecule has 0 spiro atoms. The molecule has 3 aromatic carbocycles. The van der Waals surface area contributed by atoms with Gasteiger partial charge in [-0.15, -0.1) is 0 Å². The van der Waals surface area contributed by atoms with Crippen LogP contribution >= 0.6 is 11.6 Å². The van der Waals surface area contributed by atoms with Gasteiger partial charge in [0.2, 0.25) is 0 Å². The van der Waals surface area contributed by atoms with Crippen molar-refractivity contribution in [1.29, 1.82) is 0 Å². The van der Waals surface area contributed by atoms with Crippen LogP contribution in [-0.2, 0) is 10.4 Å². The average molecular weight is 439 g/mol. The van der Waals surface area contributed by atoms with Crippen molar-refractivity contribution < 1.29 is 19.4 Å². The molecule has 0 unspecified atom stereocenters. The van der Waals surface area contributed by atoms with Crippen molar-refractivity contribution in [3.05, 3.63) is 94.5 Å². The van der Waals surface area contributed by atoms with Gasteiger partial charge >= 0.3 is 0 Å². The van der Waals surface area contributed by atoms with Crippen LogP contribution in [0.5, 0.6) is 11.5 Å². The molecular formula is C24H23ClN2O4. The number of hydrazone groups is 1. The average Bonchev–Trinajstić information content (AvgIpc) is 2.82. The molecule has 6 nitrogen and oxygen atoms in total. The van der Waals surface area contributed by atoms with Crippen molar-refractivity contribution >= 4 is 23.2 Å². The summed E-state index contributed by atoms with van der Waals surface area (Å²) >= 11 is 5.92. The molecule has 0 fully saturated rings. The fourth-order valence-corrected chi connectivity index (χ4v) is 3.19. The zero-order valence-electron chi connectivity index (χ0n) is 17.4. The van der Waals surface area contributed by atoms with Gasteiger partial charge in [-0.3, -0.25) is 4.79 Å². The topological polar surface area (TPSA) is 80.2 Å². The predicted octanol–water partition coefficient (Wildman–Crippen LogP) is 4.13. The van der Waals surface area contributed by atoms with Crippen molar-refractivity contribution in [1.82, 2.24) is 5.43 Å². The highest BCUT2D eigenvalue weighted by Crippen LogP contribution is 2.32. The van der Waals surface area contributed by atoms with E-state index >= 15 is 0 Å². The third-order valence-electron chi connectivity index (χ3n) is 4.93. The van der Waals surface area contributed by atoms with E-state index in [1.165, 1.54) is 0 Å². The second-order valence-electron chi connectivity index (χ2n) is 6.81. The van der Waals surface area contributed by atoms with Gasteiger partial charge in [0.1, 0.15) is 11.5 Å². The number of methoxy groups -OCH3 is 2. The first-order valence-corrected chi connectivity index (χ1v) is 9.88. The van der Waals surface area contributed by atoms with Crippen LogP contribution < -0.4 is 14.9 Å². The minimum absolute atomic E-state index is 0.371. The predicted molar refractivity (Wildman–Crippen MR) is 121 cm³/mol. The first kappa shape index (κ1) is 22.3. The first-order valence-electron chi connectivity index (χ1n) is 9.50. The maximum absolute atomic E-state index is 13.2. The van der Waals surface area contributed by atoms with Crippen LogP contribution in [-0.4, -0.2) is 30.9 Å². The SMILES string of the molecule is COc1ccc(C(O)(C(=O)N/N=C(/C)c2ccc(Cl)cc2)c2ccc(OC)cc2)cc1. The number of halogens is 1. The quantitative estimate of drug-likeness (QED) is 0.429. The number of hydrogen-bond acceptors (Lipinski definition) is 5. The summed E-state index contributed by atoms with van der Waals surface area (Å²) in [5.41, 5.74) is 2.61. The maximum atomic E-state index is 13.2. The Bertz CT molecular complexity index is 1010. The lowest BCUT2D eigenvalue weighted by molar-refractivity contribution is -0.136. The number of aliphatic hydroxyl groups is 1. The van der Waals surface area contributed by atoms with E-state index in [1.807, 2.05) is 0 Å². The molecule has 0 heterocycles. The van der Waals surface area contributed by atoms with Gasteiger partial charge in [-0.05, 0) is 60.0 Å². The molecule has 2 N–H and O–H groups in total. The summed E-state index contributed by atoms with van der Waals surface area (Å²) in [6.07, 6.45) is 0. The summed E-state index contributed by atoms with van der Waals surface area (Å²) in [4.78, 5) is 13.2. The van der Waals surface area contributed by atoms with E-state index in [9.17, 15) is 9.90 Å². The van der Waals surface area contributed by atoms with Crippen LogP contribution in [0.1, 0.15) is 23.6 Å². The van der Waals surface area contributed by atoms with Gasteiger partial charge < -0.3 is 14.6 Å². The monoisotopic (exact) mass is 438 g/mol. The summed E-state index contributed by atoms with van der Waals surface area (Å²) in [6.45, 7) is 1.75. The Hall–Kier alpha value is -3.35. The van der Waals surface area contributed by atoms with Crippen LogP contribution in [0.25, 0.3) is 0 Å². The Labute approximate surface area is 186 Å². The van der Waals surface area contributed by atoms with E-state index in [2.05, 4.69) is 10.5 Å². The number of amides is 1. The Balaban J connectivity index is 1.96. The standard InChI is InChI=1S/C24H23ClN2O4/c1-16(17-4-10-20(25)11-5-17)26-27-23(28)24(29,18-6-12-21(30-2)13-7-18)19-8-14-22(31-3)15-9-19/h4-15,29H,1-3H3,(H,27,28)/b26-16-. The molecule has 0 aliphatic carbocycles. The normalized spacial score (nSPS) is 11.7. The number of carbonyl (C=O) groups excluding carboxylic acids is 1. The first-order chi connectivity index (χ1) is 14.9. The van der Waals surface area contributed by atoms with Crippen LogP contribution in [0, 0.1) is 0 Å². The molecule has 160 valence electrons. The van der Waals surface area contributed by atoms with Gasteiger partial charge in [0.15, 0.2) is 5.60 Å². The molecule has 0 aliphatic rings. The van der Waals surface area contributed by atoms with E-state index in [0.29, 0.717) is 33.4 Å². The number of rotatable bonds is 7. The summed E-state index contributed by atoms with van der Waals surface area (Å²) in [5, 5.41) is 16.4. The number of nitrogens with one attached hydrogen (secondary N) is 1. The van der Waals surface area contributed by atoms with Crippen LogP contribution in [0.15, 0.2) is 77.9 Å². The number of nitrogens with zero attached hydrogens (tertiary/aromatic N) is 1. The van der Waals surface area contributed by atoms with Gasteiger partial charge in [-0.2, -0.15) is 5.10 Å². The fourth-order valence-electron chi connectivity index (χ4n) is 3.06. The molecule has 0 radical (unpaired) electrons. The lowest BCUT2D eigenvalue weighted by atomic mass is 9.85. The van der Waals surface area contributed by atoms with Crippen LogP contribution in [0.4, 0.5) is 0 Å². The molecule has 7 heteroatoms. The highest BCUT2D eigenvalue weighted by atomic mass is 35.5. The molecule has 0 bridgehead atoms. The third kappa shape index (κ3) is 4.87. The van der Waals surface area contributed by atoms with Gasteiger partial charge in [-0.1, -0.05) is 48.0 Å². The Kier molecular flexibility index (Phi) is 6.95. The van der Waals surface area contributed by atoms with Gasteiger partial charge in [-0.25, -0.2) is 5.43 Å². The largest absolute Gasteiger partial charge is 0.497 e. The highest BCUT2D eigenvalue weighted by Gasteiger charge is 2.40. The van der Waals surface area contributed by atoms with E-state index in [-0.39, 0.29) is 0 Å². The maximum Gasteiger partial charge on any atom is 0.281 e. The molecule has 1 amide bonds. The second-order valence-corrected chi connectivity index (χ2v) is 7.25. The minimum atomic E-state index is -1.98. The zero-order valence-corrected chi connectivity index (χ0v) is 18.2. The van der Waals surface area contributed by atoms with Gasteiger partial charge in [0, 0.05) is 5.02 Å². The molecule has 31 heavy (non-hydrogen) atoms. The summed E-state index contributed by atoms with van der Waals surface area (Å²) in [7, 11) is 3.09. The van der Waals surface area contributed by atoms with Crippen LogP contribution in [0.3, 0.4) is 0 Å². The smallest absolute Gasteiger partial charge is 0.281 e. The highest BCUT2D eigenvalue weighted by molar-refractivity contribution is 6.30. The van der Waals surface area contributed by atoms with Crippen molar-refractivity contribution in [2.24, 2.45) is 5.10 Å². The molecule has 3 aromatic rings. The Morgan fingerprint density at radius 2 is 1.32 bits per heavy atom. The van der Waals surface area contributed by atoms with E-state index in [4.69, 9.17) is 21.1 Å². The van der Waals surface area contributed by atoms with E-state index in [1.54, 1.807) is 93.9 Å². The third-order valence-corrected chi connectivity index (χ3v) is 5.18. The van der Waals surface area contributed by atoms with Gasteiger partial charge in [0.05, 0.1) is 19.9 Å². The van der Waals surface area contributed by atoms with Crippen LogP contribution in [0.2, 0.25) is 5.02 Å². The number of benzene rings is 3. The summed E-state index contributed by atoms with van der Waals surface area (Å²) < 4.78 is 10.4. The zero-order chi connectivity index (χ0) is 22.4. The summed E-state index contributed by atoms with van der Waals surface area (Å²) in [5.74, 6) is 0.520. The number of carbonyl (C=O) groups is 1. The number of ether oxygens (including phenoxy) is 2. The molecule has 0 saturated carbocycles. The fraction of sp³-hybridized carbons (Fsp3) is 0.167. The molecule has 0 atom stereocenters. The lowest BCUT2D eigenvalue weighted by Gasteiger charge is -2.27. The van der Waals surface area contributed by atoms with Crippen molar-refractivity contribution in [2.45, 2.75) is 12.5 Å². The molecule has 3 rings (SSSR count). The molecule has 0 aliphatic heterocycles. The minimum Gasteiger partial charge on any atom is -0.497 e. The van der Waals surface area contributed by atoms with Gasteiger partial charge in [0.25, 0.3) is 5.91 Å². The summed E-state index contributed by atoms with van der Waals surface area (Å²) in [6, 6.07) is 20.3. The Morgan fingerprint density at radius 3 is 1.74 bits per heavy atom. The molecular weight excluding hydrogens is 416 g/mol. The second kappa shape index (κ2) is 9.64. The molecule has 0 saturated heterocycles. The Morgan fingerprint density at radius 1 is 0.871 bits per heavy atom. The van der Waals surface area contributed by atoms with Crippen molar-refractivity contribution in [2.75, 3.05) is 14.2 Å². The van der Waals surface area contributed by atoms with E-state index in [0.717, 1.165) is 5.56 Å². The van der Waals surface area contributed by atoms with E-state index < -0.39 is 11.5 Å². The molecule has 0 aromatic heterocycles. The van der Waals surface area contributed by atoms with Crippen molar-refractivity contribution in [3.8, 4) is 11.5 Å².